The molecule has 0 bridgehead atoms. The number of ether oxygens (including phenoxy) is 1. The van der Waals surface area contributed by atoms with Crippen molar-refractivity contribution < 1.29 is 4.74 Å². The second kappa shape index (κ2) is 7.62. The van der Waals surface area contributed by atoms with Crippen molar-refractivity contribution in [1.29, 1.82) is 0 Å². The van der Waals surface area contributed by atoms with Gasteiger partial charge in [-0.05, 0) is 24.5 Å². The van der Waals surface area contributed by atoms with E-state index in [0.29, 0.717) is 5.75 Å². The Bertz CT molecular complexity index is 584. The molecule has 0 amide bonds. The van der Waals surface area contributed by atoms with E-state index in [4.69, 9.17) is 4.74 Å². The van der Waals surface area contributed by atoms with Crippen molar-refractivity contribution in [2.75, 3.05) is 19.0 Å². The van der Waals surface area contributed by atoms with E-state index in [1.165, 1.54) is 5.56 Å². The number of rotatable bonds is 7. The Morgan fingerprint density at radius 2 is 2.00 bits per heavy atom. The molecule has 2 rings (SSSR count). The fourth-order valence-electron chi connectivity index (χ4n) is 2.30. The highest BCUT2D eigenvalue weighted by Gasteiger charge is 2.13. The summed E-state index contributed by atoms with van der Waals surface area (Å²) in [5.41, 5.74) is 3.22. The molecule has 112 valence electrons. The van der Waals surface area contributed by atoms with Crippen LogP contribution in [0.15, 0.2) is 30.6 Å². The van der Waals surface area contributed by atoms with Gasteiger partial charge in [-0.15, -0.1) is 0 Å². The van der Waals surface area contributed by atoms with Gasteiger partial charge in [0, 0.05) is 12.1 Å². The van der Waals surface area contributed by atoms with Crippen molar-refractivity contribution >= 4 is 5.82 Å². The number of hydrogen-bond acceptors (Lipinski definition) is 4. The SMILES string of the molecule is CCCNc1ncnc(-c2cccc(CCC)c2)c1OC. The summed E-state index contributed by atoms with van der Waals surface area (Å²) in [6, 6.07) is 8.46. The van der Waals surface area contributed by atoms with Gasteiger partial charge < -0.3 is 10.1 Å². The summed E-state index contributed by atoms with van der Waals surface area (Å²) < 4.78 is 5.54. The van der Waals surface area contributed by atoms with E-state index in [0.717, 1.165) is 42.9 Å². The second-order valence-electron chi connectivity index (χ2n) is 4.98. The highest BCUT2D eigenvalue weighted by molar-refractivity contribution is 5.72. The third-order valence-electron chi connectivity index (χ3n) is 3.29. The van der Waals surface area contributed by atoms with Crippen LogP contribution in [-0.2, 0) is 6.42 Å². The Labute approximate surface area is 126 Å². The number of anilines is 1. The summed E-state index contributed by atoms with van der Waals surface area (Å²) in [6.45, 7) is 5.17. The first-order chi connectivity index (χ1) is 10.3. The quantitative estimate of drug-likeness (QED) is 0.837. The Morgan fingerprint density at radius 1 is 1.14 bits per heavy atom. The summed E-state index contributed by atoms with van der Waals surface area (Å²) in [4.78, 5) is 8.70. The van der Waals surface area contributed by atoms with Crippen LogP contribution >= 0.6 is 0 Å². The van der Waals surface area contributed by atoms with Gasteiger partial charge in [-0.3, -0.25) is 0 Å². The number of methoxy groups -OCH3 is 1. The molecule has 0 radical (unpaired) electrons. The molecule has 0 fully saturated rings. The maximum Gasteiger partial charge on any atom is 0.187 e. The van der Waals surface area contributed by atoms with Gasteiger partial charge in [0.15, 0.2) is 11.6 Å². The molecule has 1 aromatic carbocycles. The zero-order chi connectivity index (χ0) is 15.1. The number of aromatic nitrogens is 2. The minimum Gasteiger partial charge on any atom is -0.491 e. The van der Waals surface area contributed by atoms with Gasteiger partial charge in [0.2, 0.25) is 0 Å². The van der Waals surface area contributed by atoms with E-state index >= 15 is 0 Å². The third kappa shape index (κ3) is 3.72. The Morgan fingerprint density at radius 3 is 2.71 bits per heavy atom. The van der Waals surface area contributed by atoms with Crippen LogP contribution in [0.1, 0.15) is 32.3 Å². The lowest BCUT2D eigenvalue weighted by Crippen LogP contribution is -2.06. The van der Waals surface area contributed by atoms with Gasteiger partial charge in [-0.25, -0.2) is 9.97 Å². The van der Waals surface area contributed by atoms with Crippen LogP contribution in [0.25, 0.3) is 11.3 Å². The summed E-state index contributed by atoms with van der Waals surface area (Å²) in [6.07, 6.45) is 4.83. The Hall–Kier alpha value is -2.10. The normalized spacial score (nSPS) is 10.4. The van der Waals surface area contributed by atoms with Crippen LogP contribution in [0.3, 0.4) is 0 Å². The number of hydrogen-bond donors (Lipinski definition) is 1. The molecule has 0 aliphatic heterocycles. The van der Waals surface area contributed by atoms with E-state index in [-0.39, 0.29) is 0 Å². The first kappa shape index (κ1) is 15.3. The number of nitrogens with zero attached hydrogens (tertiary/aromatic N) is 2. The molecule has 0 unspecified atom stereocenters. The highest BCUT2D eigenvalue weighted by Crippen LogP contribution is 2.33. The molecule has 0 spiro atoms. The lowest BCUT2D eigenvalue weighted by atomic mass is 10.0. The molecule has 1 aromatic heterocycles. The molecule has 1 N–H and O–H groups in total. The molecule has 2 aromatic rings. The van der Waals surface area contributed by atoms with Gasteiger partial charge in [0.25, 0.3) is 0 Å². The maximum atomic E-state index is 5.54. The summed E-state index contributed by atoms with van der Waals surface area (Å²) >= 11 is 0. The topological polar surface area (TPSA) is 47.0 Å². The van der Waals surface area contributed by atoms with Crippen LogP contribution in [0, 0.1) is 0 Å². The lowest BCUT2D eigenvalue weighted by molar-refractivity contribution is 0.414. The monoisotopic (exact) mass is 285 g/mol. The fraction of sp³-hybridized carbons (Fsp3) is 0.412. The van der Waals surface area contributed by atoms with E-state index in [1.54, 1.807) is 13.4 Å². The molecule has 1 heterocycles. The summed E-state index contributed by atoms with van der Waals surface area (Å²) in [7, 11) is 1.66. The van der Waals surface area contributed by atoms with Crippen LogP contribution < -0.4 is 10.1 Å². The fourth-order valence-corrected chi connectivity index (χ4v) is 2.30. The minimum atomic E-state index is 0.708. The average molecular weight is 285 g/mol. The predicted molar refractivity (Wildman–Crippen MR) is 86.8 cm³/mol. The van der Waals surface area contributed by atoms with Crippen LogP contribution in [0.4, 0.5) is 5.82 Å². The van der Waals surface area contributed by atoms with E-state index < -0.39 is 0 Å². The van der Waals surface area contributed by atoms with Crippen LogP contribution in [-0.4, -0.2) is 23.6 Å². The van der Waals surface area contributed by atoms with Crippen molar-refractivity contribution in [1.82, 2.24) is 9.97 Å². The number of nitrogens with one attached hydrogen (secondary N) is 1. The van der Waals surface area contributed by atoms with Crippen molar-refractivity contribution in [3.05, 3.63) is 36.2 Å². The van der Waals surface area contributed by atoms with E-state index in [2.05, 4.69) is 53.4 Å². The van der Waals surface area contributed by atoms with Crippen molar-refractivity contribution in [2.45, 2.75) is 33.1 Å². The first-order valence-electron chi connectivity index (χ1n) is 7.52. The number of aryl methyl sites for hydroxylation is 1. The molecule has 4 heteroatoms. The van der Waals surface area contributed by atoms with Crippen molar-refractivity contribution in [2.24, 2.45) is 0 Å². The van der Waals surface area contributed by atoms with Gasteiger partial charge in [-0.1, -0.05) is 38.5 Å². The lowest BCUT2D eigenvalue weighted by Gasteiger charge is -2.13. The molecule has 0 aliphatic carbocycles. The molecule has 0 saturated carbocycles. The van der Waals surface area contributed by atoms with Crippen LogP contribution in [0.5, 0.6) is 5.75 Å². The largest absolute Gasteiger partial charge is 0.491 e. The van der Waals surface area contributed by atoms with E-state index in [9.17, 15) is 0 Å². The Kier molecular flexibility index (Phi) is 5.55. The average Bonchev–Trinajstić information content (AvgIpc) is 2.53. The molecule has 0 saturated heterocycles. The van der Waals surface area contributed by atoms with Crippen molar-refractivity contribution in [3.63, 3.8) is 0 Å². The zero-order valence-corrected chi connectivity index (χ0v) is 13.0. The van der Waals surface area contributed by atoms with Gasteiger partial charge in [0.05, 0.1) is 7.11 Å². The molecule has 0 aliphatic rings. The van der Waals surface area contributed by atoms with Gasteiger partial charge >= 0.3 is 0 Å². The molecular formula is C17H23N3O. The molecule has 0 atom stereocenters. The maximum absolute atomic E-state index is 5.54. The van der Waals surface area contributed by atoms with Crippen molar-refractivity contribution in [3.8, 4) is 17.0 Å². The number of benzene rings is 1. The highest BCUT2D eigenvalue weighted by atomic mass is 16.5. The van der Waals surface area contributed by atoms with Crippen LogP contribution in [0.2, 0.25) is 0 Å². The Balaban J connectivity index is 2.40. The molecule has 21 heavy (non-hydrogen) atoms. The van der Waals surface area contributed by atoms with E-state index in [1.807, 2.05) is 0 Å². The summed E-state index contributed by atoms with van der Waals surface area (Å²) in [5, 5.41) is 3.29. The standard InChI is InChI=1S/C17H23N3O/c1-4-7-13-8-6-9-14(11-13)15-16(21-3)17(18-10-5-2)20-12-19-15/h6,8-9,11-12H,4-5,7,10H2,1-3H3,(H,18,19,20). The molecular weight excluding hydrogens is 262 g/mol. The molecule has 4 nitrogen and oxygen atoms in total. The predicted octanol–water partition coefficient (Wildman–Crippen LogP) is 3.93. The zero-order valence-electron chi connectivity index (χ0n) is 13.0. The summed E-state index contributed by atoms with van der Waals surface area (Å²) in [5.74, 6) is 1.46. The third-order valence-corrected chi connectivity index (χ3v) is 3.29. The van der Waals surface area contributed by atoms with Gasteiger partial charge in [0.1, 0.15) is 12.0 Å². The second-order valence-corrected chi connectivity index (χ2v) is 4.98. The smallest absolute Gasteiger partial charge is 0.187 e. The van der Waals surface area contributed by atoms with Gasteiger partial charge in [-0.2, -0.15) is 0 Å². The first-order valence-corrected chi connectivity index (χ1v) is 7.52. The minimum absolute atomic E-state index is 0.708.